The topological polar surface area (TPSA) is 102 Å². The van der Waals surface area contributed by atoms with E-state index >= 15 is 0 Å². The molecule has 0 heterocycles. The molecule has 1 aromatic carbocycles. The van der Waals surface area contributed by atoms with Crippen LogP contribution in [-0.2, 0) is 14.8 Å². The first-order valence-corrected chi connectivity index (χ1v) is 7.29. The molecule has 1 rings (SSSR count). The molecule has 6 nitrogen and oxygen atoms in total. The van der Waals surface area contributed by atoms with Gasteiger partial charge in [-0.15, -0.1) is 0 Å². The van der Waals surface area contributed by atoms with E-state index in [4.69, 9.17) is 10.5 Å². The van der Waals surface area contributed by atoms with Gasteiger partial charge in [0.25, 0.3) is 0 Å². The zero-order valence-electron chi connectivity index (χ0n) is 11.3. The van der Waals surface area contributed by atoms with Crippen LogP contribution in [0.15, 0.2) is 17.0 Å². The molecule has 0 bridgehead atoms. The number of methoxy groups -OCH3 is 1. The summed E-state index contributed by atoms with van der Waals surface area (Å²) in [5.41, 5.74) is 7.33. The lowest BCUT2D eigenvalue weighted by Crippen LogP contribution is -2.35. The minimum absolute atomic E-state index is 0.0716. The van der Waals surface area contributed by atoms with Crippen LogP contribution in [0.5, 0.6) is 0 Å². The van der Waals surface area contributed by atoms with Gasteiger partial charge in [-0.3, -0.25) is 0 Å². The van der Waals surface area contributed by atoms with Crippen molar-refractivity contribution >= 4 is 15.7 Å². The maximum absolute atomic E-state index is 12.2. The number of ether oxygens (including phenoxy) is 1. The molecule has 0 saturated carbocycles. The highest BCUT2D eigenvalue weighted by Gasteiger charge is 2.20. The van der Waals surface area contributed by atoms with Gasteiger partial charge in [0.1, 0.15) is 0 Å². The number of rotatable bonds is 6. The number of nitrogens with one attached hydrogen (secondary N) is 1. The molecular formula is C12H20N2O4S. The van der Waals surface area contributed by atoms with E-state index in [1.807, 2.05) is 0 Å². The first-order valence-electron chi connectivity index (χ1n) is 5.81. The van der Waals surface area contributed by atoms with Crippen molar-refractivity contribution < 1.29 is 18.3 Å². The van der Waals surface area contributed by atoms with Crippen molar-refractivity contribution in [1.29, 1.82) is 0 Å². The number of aryl methyl sites for hydroxylation is 2. The Labute approximate surface area is 113 Å². The lowest BCUT2D eigenvalue weighted by Gasteiger charge is -2.15. The first-order chi connectivity index (χ1) is 8.77. The summed E-state index contributed by atoms with van der Waals surface area (Å²) in [7, 11) is -2.24. The summed E-state index contributed by atoms with van der Waals surface area (Å²) in [4.78, 5) is 0.200. The van der Waals surface area contributed by atoms with E-state index in [1.54, 1.807) is 26.0 Å². The Kier molecular flexibility index (Phi) is 5.30. The zero-order chi connectivity index (χ0) is 14.6. The van der Waals surface area contributed by atoms with Gasteiger partial charge >= 0.3 is 0 Å². The second-order valence-corrected chi connectivity index (χ2v) is 6.15. The molecule has 0 amide bonds. The van der Waals surface area contributed by atoms with Crippen LogP contribution in [-0.4, -0.2) is 39.9 Å². The average molecular weight is 288 g/mol. The highest BCUT2D eigenvalue weighted by atomic mass is 32.2. The zero-order valence-corrected chi connectivity index (χ0v) is 12.1. The smallest absolute Gasteiger partial charge is 0.241 e. The van der Waals surface area contributed by atoms with Gasteiger partial charge < -0.3 is 15.6 Å². The second kappa shape index (κ2) is 6.33. The summed E-state index contributed by atoms with van der Waals surface area (Å²) in [6, 6.07) is 3.21. The van der Waals surface area contributed by atoms with E-state index < -0.39 is 16.1 Å². The highest BCUT2D eigenvalue weighted by Crippen LogP contribution is 2.22. The van der Waals surface area contributed by atoms with Crippen molar-refractivity contribution in [3.8, 4) is 0 Å². The van der Waals surface area contributed by atoms with Crippen LogP contribution in [0.4, 0.5) is 5.69 Å². The molecule has 0 aliphatic rings. The van der Waals surface area contributed by atoms with Gasteiger partial charge in [-0.1, -0.05) is 0 Å². The fraction of sp³-hybridized carbons (Fsp3) is 0.500. The summed E-state index contributed by atoms with van der Waals surface area (Å²) in [6.45, 7) is 3.34. The van der Waals surface area contributed by atoms with E-state index in [1.165, 1.54) is 7.11 Å². The summed E-state index contributed by atoms with van der Waals surface area (Å²) in [6.07, 6.45) is -0.880. The van der Waals surface area contributed by atoms with Crippen LogP contribution >= 0.6 is 0 Å². The molecule has 4 N–H and O–H groups in total. The fourth-order valence-corrected chi connectivity index (χ4v) is 3.46. The quantitative estimate of drug-likeness (QED) is 0.648. The van der Waals surface area contributed by atoms with Crippen LogP contribution in [0.3, 0.4) is 0 Å². The Morgan fingerprint density at radius 1 is 1.37 bits per heavy atom. The number of nitrogen functional groups attached to an aromatic ring is 1. The predicted molar refractivity (Wildman–Crippen MR) is 73.4 cm³/mol. The van der Waals surface area contributed by atoms with Crippen LogP contribution in [0.1, 0.15) is 11.1 Å². The maximum atomic E-state index is 12.2. The molecule has 7 heteroatoms. The summed E-state index contributed by atoms with van der Waals surface area (Å²) < 4.78 is 31.5. The van der Waals surface area contributed by atoms with Crippen LogP contribution in [0, 0.1) is 13.8 Å². The van der Waals surface area contributed by atoms with Crippen LogP contribution < -0.4 is 10.5 Å². The molecule has 0 saturated heterocycles. The summed E-state index contributed by atoms with van der Waals surface area (Å²) in [5.74, 6) is 0. The van der Waals surface area contributed by atoms with Crippen molar-refractivity contribution in [1.82, 2.24) is 4.72 Å². The summed E-state index contributed by atoms with van der Waals surface area (Å²) >= 11 is 0. The average Bonchev–Trinajstić information content (AvgIpc) is 2.25. The minimum atomic E-state index is -3.67. The van der Waals surface area contributed by atoms with Gasteiger partial charge in [0.05, 0.1) is 17.6 Å². The van der Waals surface area contributed by atoms with Gasteiger partial charge in [-0.05, 0) is 37.1 Å². The molecule has 1 atom stereocenters. The van der Waals surface area contributed by atoms with Crippen LogP contribution in [0.25, 0.3) is 0 Å². The molecule has 108 valence electrons. The summed E-state index contributed by atoms with van der Waals surface area (Å²) in [5, 5.41) is 9.47. The monoisotopic (exact) mass is 288 g/mol. The Morgan fingerprint density at radius 3 is 2.37 bits per heavy atom. The van der Waals surface area contributed by atoms with Crippen molar-refractivity contribution in [3.05, 3.63) is 23.3 Å². The predicted octanol–water partition coefficient (Wildman–Crippen LogP) is 0.171. The normalized spacial score (nSPS) is 13.5. The minimum Gasteiger partial charge on any atom is -0.399 e. The Balaban J connectivity index is 2.95. The SMILES string of the molecule is COCC(O)CNS(=O)(=O)c1c(C)cc(N)cc1C. The van der Waals surface area contributed by atoms with E-state index in [-0.39, 0.29) is 18.0 Å². The number of hydrogen-bond donors (Lipinski definition) is 3. The third-order valence-corrected chi connectivity index (χ3v) is 4.35. The van der Waals surface area contributed by atoms with Gasteiger partial charge in [0.15, 0.2) is 0 Å². The number of sulfonamides is 1. The van der Waals surface area contributed by atoms with Gasteiger partial charge in [0, 0.05) is 19.3 Å². The Morgan fingerprint density at radius 2 is 1.89 bits per heavy atom. The molecule has 0 aromatic heterocycles. The highest BCUT2D eigenvalue weighted by molar-refractivity contribution is 7.89. The van der Waals surface area contributed by atoms with Gasteiger partial charge in [-0.2, -0.15) is 0 Å². The van der Waals surface area contributed by atoms with Crippen molar-refractivity contribution in [2.45, 2.75) is 24.8 Å². The molecule has 19 heavy (non-hydrogen) atoms. The van der Waals surface area contributed by atoms with E-state index in [0.717, 1.165) is 0 Å². The van der Waals surface area contributed by atoms with E-state index in [9.17, 15) is 13.5 Å². The molecule has 0 aliphatic carbocycles. The molecule has 0 spiro atoms. The van der Waals surface area contributed by atoms with Crippen molar-refractivity contribution in [3.63, 3.8) is 0 Å². The number of aliphatic hydroxyl groups is 1. The van der Waals surface area contributed by atoms with Gasteiger partial charge in [-0.25, -0.2) is 13.1 Å². The fourth-order valence-electron chi connectivity index (χ4n) is 1.94. The lowest BCUT2D eigenvalue weighted by atomic mass is 10.1. The van der Waals surface area contributed by atoms with Gasteiger partial charge in [0.2, 0.25) is 10.0 Å². The van der Waals surface area contributed by atoms with Crippen molar-refractivity contribution in [2.24, 2.45) is 0 Å². The second-order valence-electron chi connectivity index (χ2n) is 4.44. The first kappa shape index (κ1) is 15.9. The molecule has 1 unspecified atom stereocenters. The third-order valence-electron chi connectivity index (χ3n) is 2.62. The molecule has 0 radical (unpaired) electrons. The molecule has 0 aliphatic heterocycles. The number of aliphatic hydroxyl groups excluding tert-OH is 1. The van der Waals surface area contributed by atoms with Crippen molar-refractivity contribution in [2.75, 3.05) is 26.0 Å². The standard InChI is InChI=1S/C12H20N2O4S/c1-8-4-10(13)5-9(2)12(8)19(16,17)14-6-11(15)7-18-3/h4-5,11,14-15H,6-7,13H2,1-3H3. The molecule has 0 fully saturated rings. The Hall–Kier alpha value is -1.15. The number of benzene rings is 1. The number of anilines is 1. The van der Waals surface area contributed by atoms with E-state index in [2.05, 4.69) is 4.72 Å². The lowest BCUT2D eigenvalue weighted by molar-refractivity contribution is 0.0679. The number of nitrogens with two attached hydrogens (primary N) is 1. The maximum Gasteiger partial charge on any atom is 0.241 e. The number of hydrogen-bond acceptors (Lipinski definition) is 5. The Bertz CT molecular complexity index is 520. The molecule has 1 aromatic rings. The third kappa shape index (κ3) is 4.17. The largest absolute Gasteiger partial charge is 0.399 e. The molecular weight excluding hydrogens is 268 g/mol. The van der Waals surface area contributed by atoms with E-state index in [0.29, 0.717) is 16.8 Å². The van der Waals surface area contributed by atoms with Crippen LogP contribution in [0.2, 0.25) is 0 Å².